The van der Waals surface area contributed by atoms with Crippen molar-refractivity contribution in [2.24, 2.45) is 0 Å². The number of carbonyl (C=O) groups is 1. The molecular weight excluding hydrogens is 350 g/mol. The van der Waals surface area contributed by atoms with Crippen LogP contribution in [0.3, 0.4) is 0 Å². The molecule has 0 saturated carbocycles. The van der Waals surface area contributed by atoms with Crippen LogP contribution in [0, 0.1) is 6.92 Å². The van der Waals surface area contributed by atoms with E-state index in [2.05, 4.69) is 15.3 Å². The molecule has 3 heterocycles. The molecule has 0 unspecified atom stereocenters. The lowest BCUT2D eigenvalue weighted by Crippen LogP contribution is -2.24. The number of rotatable bonds is 5. The molecular formula is C19H17N3O3S. The summed E-state index contributed by atoms with van der Waals surface area (Å²) in [5, 5.41) is 3.83. The number of ether oxygens (including phenoxy) is 2. The molecule has 3 aromatic rings. The van der Waals surface area contributed by atoms with Crippen LogP contribution in [0.1, 0.15) is 16.1 Å². The Morgan fingerprint density at radius 1 is 1.27 bits per heavy atom. The minimum absolute atomic E-state index is 0.0350. The van der Waals surface area contributed by atoms with Gasteiger partial charge in [0.15, 0.2) is 11.5 Å². The molecule has 1 aromatic carbocycles. The molecule has 26 heavy (non-hydrogen) atoms. The lowest BCUT2D eigenvalue weighted by Gasteiger charge is -2.06. The van der Waals surface area contributed by atoms with Crippen LogP contribution >= 0.6 is 11.3 Å². The molecule has 7 heteroatoms. The molecule has 6 nitrogen and oxygen atoms in total. The van der Waals surface area contributed by atoms with Gasteiger partial charge in [-0.25, -0.2) is 4.98 Å². The van der Waals surface area contributed by atoms with Gasteiger partial charge in [0, 0.05) is 29.4 Å². The summed E-state index contributed by atoms with van der Waals surface area (Å²) >= 11 is 1.53. The van der Waals surface area contributed by atoms with E-state index in [1.807, 2.05) is 37.3 Å². The van der Waals surface area contributed by atoms with Gasteiger partial charge in [-0.2, -0.15) is 0 Å². The zero-order valence-electron chi connectivity index (χ0n) is 14.2. The number of aryl methyl sites for hydroxylation is 1. The number of carbonyl (C=O) groups excluding carboxylic acids is 1. The summed E-state index contributed by atoms with van der Waals surface area (Å²) in [6.45, 7) is 2.62. The fourth-order valence-corrected chi connectivity index (χ4v) is 3.72. The lowest BCUT2D eigenvalue weighted by molar-refractivity contribution is -0.120. The van der Waals surface area contributed by atoms with Gasteiger partial charge in [-0.1, -0.05) is 6.07 Å². The van der Waals surface area contributed by atoms with Crippen molar-refractivity contribution < 1.29 is 14.3 Å². The monoisotopic (exact) mass is 367 g/mol. The zero-order valence-corrected chi connectivity index (χ0v) is 15.0. The summed E-state index contributed by atoms with van der Waals surface area (Å²) in [7, 11) is 0. The second-order valence-electron chi connectivity index (χ2n) is 5.91. The molecule has 0 radical (unpaired) electrons. The van der Waals surface area contributed by atoms with Crippen molar-refractivity contribution in [3.8, 4) is 22.1 Å². The first-order valence-corrected chi connectivity index (χ1v) is 9.02. The highest BCUT2D eigenvalue weighted by molar-refractivity contribution is 7.15. The van der Waals surface area contributed by atoms with Gasteiger partial charge in [0.25, 0.3) is 0 Å². The second-order valence-corrected chi connectivity index (χ2v) is 6.99. The van der Waals surface area contributed by atoms with Gasteiger partial charge in [0.05, 0.1) is 12.1 Å². The fraction of sp³-hybridized carbons (Fsp3) is 0.211. The molecule has 0 saturated heterocycles. The summed E-state index contributed by atoms with van der Waals surface area (Å²) in [4.78, 5) is 22.0. The average Bonchev–Trinajstić information content (AvgIpc) is 3.27. The molecule has 0 atom stereocenters. The first-order valence-electron chi connectivity index (χ1n) is 8.21. The topological polar surface area (TPSA) is 73.3 Å². The van der Waals surface area contributed by atoms with Crippen LogP contribution in [0.15, 0.2) is 42.7 Å². The van der Waals surface area contributed by atoms with E-state index >= 15 is 0 Å². The number of hydrogen-bond donors (Lipinski definition) is 1. The minimum Gasteiger partial charge on any atom is -0.454 e. The average molecular weight is 367 g/mol. The molecule has 0 bridgehead atoms. The first-order chi connectivity index (χ1) is 12.7. The van der Waals surface area contributed by atoms with E-state index in [1.54, 1.807) is 12.4 Å². The third kappa shape index (κ3) is 3.52. The SMILES string of the molecule is Cc1nc(-c2cccnc2)sc1CC(=O)NCc1ccc2c(c1)OCO2. The van der Waals surface area contributed by atoms with Gasteiger partial charge in [-0.05, 0) is 36.8 Å². The Morgan fingerprint density at radius 2 is 2.15 bits per heavy atom. The highest BCUT2D eigenvalue weighted by Crippen LogP contribution is 2.32. The molecule has 0 fully saturated rings. The molecule has 0 aliphatic carbocycles. The Hall–Kier alpha value is -2.93. The van der Waals surface area contributed by atoms with Crippen LogP contribution in [0.5, 0.6) is 11.5 Å². The van der Waals surface area contributed by atoms with E-state index in [-0.39, 0.29) is 12.7 Å². The van der Waals surface area contributed by atoms with Gasteiger partial charge >= 0.3 is 0 Å². The van der Waals surface area contributed by atoms with E-state index in [9.17, 15) is 4.79 Å². The number of amides is 1. The van der Waals surface area contributed by atoms with E-state index in [0.29, 0.717) is 13.0 Å². The lowest BCUT2D eigenvalue weighted by atomic mass is 10.2. The van der Waals surface area contributed by atoms with Crippen molar-refractivity contribution in [1.82, 2.24) is 15.3 Å². The Morgan fingerprint density at radius 3 is 3.00 bits per heavy atom. The number of nitrogens with one attached hydrogen (secondary N) is 1. The van der Waals surface area contributed by atoms with Crippen molar-refractivity contribution in [2.45, 2.75) is 19.9 Å². The smallest absolute Gasteiger partial charge is 0.231 e. The zero-order chi connectivity index (χ0) is 17.9. The highest BCUT2D eigenvalue weighted by Gasteiger charge is 2.15. The molecule has 0 spiro atoms. The second kappa shape index (κ2) is 7.13. The van der Waals surface area contributed by atoms with Crippen molar-refractivity contribution >= 4 is 17.2 Å². The first kappa shape index (κ1) is 16.5. The molecule has 1 aliphatic heterocycles. The fourth-order valence-electron chi connectivity index (χ4n) is 2.66. The predicted octanol–water partition coefficient (Wildman–Crippen LogP) is 3.10. The van der Waals surface area contributed by atoms with E-state index in [4.69, 9.17) is 9.47 Å². The third-order valence-electron chi connectivity index (χ3n) is 4.05. The number of pyridine rings is 1. The van der Waals surface area contributed by atoms with Crippen LogP contribution in [-0.2, 0) is 17.8 Å². The molecule has 1 aliphatic rings. The van der Waals surface area contributed by atoms with Crippen molar-refractivity contribution in [1.29, 1.82) is 0 Å². The molecule has 4 rings (SSSR count). The Kier molecular flexibility index (Phi) is 4.53. The number of thiazole rings is 1. The van der Waals surface area contributed by atoms with Crippen LogP contribution < -0.4 is 14.8 Å². The standard InChI is InChI=1S/C19H17N3O3S/c1-12-17(26-19(22-12)14-3-2-6-20-10-14)8-18(23)21-9-13-4-5-15-16(7-13)25-11-24-15/h2-7,10H,8-9,11H2,1H3,(H,21,23). The summed E-state index contributed by atoms with van der Waals surface area (Å²) in [6.07, 6.45) is 3.82. The Balaban J connectivity index is 1.38. The molecule has 2 aromatic heterocycles. The summed E-state index contributed by atoms with van der Waals surface area (Å²) in [5.74, 6) is 1.42. The molecule has 1 amide bonds. The summed E-state index contributed by atoms with van der Waals surface area (Å²) < 4.78 is 10.6. The molecule has 1 N–H and O–H groups in total. The predicted molar refractivity (Wildman–Crippen MR) is 98.2 cm³/mol. The third-order valence-corrected chi connectivity index (χ3v) is 5.26. The van der Waals surface area contributed by atoms with Gasteiger partial charge in [0.1, 0.15) is 5.01 Å². The van der Waals surface area contributed by atoms with Gasteiger partial charge < -0.3 is 14.8 Å². The number of hydrogen-bond acceptors (Lipinski definition) is 6. The number of fused-ring (bicyclic) bond motifs is 1. The Labute approximate surface area is 154 Å². The van der Waals surface area contributed by atoms with Crippen molar-refractivity contribution in [3.63, 3.8) is 0 Å². The summed E-state index contributed by atoms with van der Waals surface area (Å²) in [5.41, 5.74) is 2.82. The minimum atomic E-state index is -0.0350. The largest absolute Gasteiger partial charge is 0.454 e. The summed E-state index contributed by atoms with van der Waals surface area (Å²) in [6, 6.07) is 9.52. The van der Waals surface area contributed by atoms with Crippen LogP contribution in [-0.4, -0.2) is 22.7 Å². The quantitative estimate of drug-likeness (QED) is 0.750. The van der Waals surface area contributed by atoms with Gasteiger partial charge in [-0.3, -0.25) is 9.78 Å². The van der Waals surface area contributed by atoms with Gasteiger partial charge in [-0.15, -0.1) is 11.3 Å². The maximum atomic E-state index is 12.3. The van der Waals surface area contributed by atoms with Crippen molar-refractivity contribution in [2.75, 3.05) is 6.79 Å². The van der Waals surface area contributed by atoms with Crippen LogP contribution in [0.4, 0.5) is 0 Å². The maximum absolute atomic E-state index is 12.3. The van der Waals surface area contributed by atoms with E-state index in [1.165, 1.54) is 11.3 Å². The Bertz CT molecular complexity index is 940. The number of aromatic nitrogens is 2. The van der Waals surface area contributed by atoms with E-state index < -0.39 is 0 Å². The maximum Gasteiger partial charge on any atom is 0.231 e. The molecule has 132 valence electrons. The number of nitrogens with zero attached hydrogens (tertiary/aromatic N) is 2. The van der Waals surface area contributed by atoms with Crippen LogP contribution in [0.25, 0.3) is 10.6 Å². The number of benzene rings is 1. The normalized spacial score (nSPS) is 12.2. The van der Waals surface area contributed by atoms with Crippen LogP contribution in [0.2, 0.25) is 0 Å². The highest BCUT2D eigenvalue weighted by atomic mass is 32.1. The van der Waals surface area contributed by atoms with E-state index in [0.717, 1.165) is 38.2 Å². The van der Waals surface area contributed by atoms with Gasteiger partial charge in [0.2, 0.25) is 12.7 Å². The van der Waals surface area contributed by atoms with Crippen molar-refractivity contribution in [3.05, 3.63) is 58.9 Å².